The number of aryl methyl sites for hydroxylation is 6. The van der Waals surface area contributed by atoms with Gasteiger partial charge >= 0.3 is 17.1 Å². The average molecular weight is 650 g/mol. The Kier molecular flexibility index (Phi) is 20.0. The first-order chi connectivity index (χ1) is 17.0. The summed E-state index contributed by atoms with van der Waals surface area (Å²) in [5, 5.41) is 0.628. The van der Waals surface area contributed by atoms with Crippen molar-refractivity contribution in [3.63, 3.8) is 0 Å². The molecule has 0 bridgehead atoms. The maximum absolute atomic E-state index is 6.46. The Balaban J connectivity index is 0. The number of rotatable bonds is 10. The van der Waals surface area contributed by atoms with E-state index in [9.17, 15) is 0 Å². The molecule has 0 unspecified atom stereocenters. The van der Waals surface area contributed by atoms with E-state index in [2.05, 4.69) is 65.8 Å². The van der Waals surface area contributed by atoms with Gasteiger partial charge in [0.2, 0.25) is 0 Å². The van der Waals surface area contributed by atoms with E-state index in [0.717, 1.165) is 61.3 Å². The van der Waals surface area contributed by atoms with Crippen LogP contribution in [0.1, 0.15) is 86.3 Å². The molecule has 0 aliphatic rings. The van der Waals surface area contributed by atoms with Gasteiger partial charge in [0.15, 0.2) is 0 Å². The second-order valence-electron chi connectivity index (χ2n) is 8.80. The fourth-order valence-corrected chi connectivity index (χ4v) is 4.64. The van der Waals surface area contributed by atoms with E-state index in [-0.39, 0.29) is 54.3 Å². The molecule has 0 N–H and O–H groups in total. The van der Waals surface area contributed by atoms with Crippen LogP contribution < -0.4 is 37.2 Å². The zero-order valence-corrected chi connectivity index (χ0v) is 27.7. The second-order valence-corrected chi connectivity index (χ2v) is 9.23. The van der Waals surface area contributed by atoms with E-state index in [1.54, 1.807) is 0 Å². The van der Waals surface area contributed by atoms with Gasteiger partial charge in [0.1, 0.15) is 0 Å². The van der Waals surface area contributed by atoms with Crippen LogP contribution in [-0.2, 0) is 55.6 Å². The van der Waals surface area contributed by atoms with Gasteiger partial charge in [-0.3, -0.25) is 9.98 Å². The third kappa shape index (κ3) is 10.5. The smallest absolute Gasteiger partial charge is 1.00 e. The third-order valence-corrected chi connectivity index (χ3v) is 6.70. The van der Waals surface area contributed by atoms with Gasteiger partial charge in [-0.15, -0.1) is 0 Å². The van der Waals surface area contributed by atoms with Crippen LogP contribution in [0, 0.1) is 0 Å². The summed E-state index contributed by atoms with van der Waals surface area (Å²) < 4.78 is 0. The molecule has 2 aromatic carbocycles. The van der Waals surface area contributed by atoms with Gasteiger partial charge < -0.3 is 37.2 Å². The van der Waals surface area contributed by atoms with Gasteiger partial charge in [0.05, 0.1) is 35.2 Å². The molecule has 0 aliphatic heterocycles. The molecule has 0 saturated heterocycles. The topological polar surface area (TPSA) is 37.6 Å². The van der Waals surface area contributed by atoms with E-state index < -0.39 is 0 Å². The molecule has 3 rings (SSSR count). The van der Waals surface area contributed by atoms with Crippen molar-refractivity contribution in [2.24, 2.45) is 9.98 Å². The fourth-order valence-electron chi connectivity index (χ4n) is 4.41. The first-order valence-corrected chi connectivity index (χ1v) is 13.4. The van der Waals surface area contributed by atoms with Gasteiger partial charge in [-0.05, 0) is 84.0 Å². The normalized spacial score (nSPS) is 10.5. The molecule has 1 aromatic heterocycles. The third-order valence-electron chi connectivity index (χ3n) is 6.48. The monoisotopic (exact) mass is 648 g/mol. The Morgan fingerprint density at radius 3 is 1.13 bits per heavy atom. The predicted octanol–water partition coefficient (Wildman–Crippen LogP) is -0.380. The Morgan fingerprint density at radius 2 is 0.872 bits per heavy atom. The molecular weight excluding hydrogens is 612 g/mol. The molecule has 1 radical (unpaired) electrons. The van der Waals surface area contributed by atoms with E-state index in [4.69, 9.17) is 26.6 Å². The van der Waals surface area contributed by atoms with Crippen molar-refractivity contribution in [3.05, 3.63) is 86.2 Å². The van der Waals surface area contributed by atoms with E-state index in [0.29, 0.717) is 5.02 Å². The summed E-state index contributed by atoms with van der Waals surface area (Å²) >= 11 is 6.46. The SMILES string of the molecule is CCc1cc(CC)c(N=Cc2cc(Cl)cc(C=Nc3c(CC)cc(CC)cc3CC)n2)c(CC)c1.[Cl-].[Cl-].[Cl-].[Fe+3]. The molecule has 0 atom stereocenters. The molecule has 1 heterocycles. The zero-order valence-electron chi connectivity index (χ0n) is 23.6. The molecule has 3 nitrogen and oxygen atoms in total. The van der Waals surface area contributed by atoms with Crippen molar-refractivity contribution >= 4 is 35.4 Å². The molecule has 0 aliphatic carbocycles. The maximum atomic E-state index is 6.46. The molecule has 8 heteroatoms. The minimum absolute atomic E-state index is 0. The van der Waals surface area contributed by atoms with Gasteiger partial charge in [0.25, 0.3) is 0 Å². The molecule has 0 amide bonds. The van der Waals surface area contributed by atoms with E-state index in [1.165, 1.54) is 33.4 Å². The summed E-state index contributed by atoms with van der Waals surface area (Å²) in [5.41, 5.74) is 11.4. The van der Waals surface area contributed by atoms with E-state index in [1.807, 2.05) is 24.6 Å². The number of nitrogens with zero attached hydrogens (tertiary/aromatic N) is 3. The minimum Gasteiger partial charge on any atom is -1.00 e. The Labute approximate surface area is 269 Å². The van der Waals surface area contributed by atoms with Crippen LogP contribution in [0.5, 0.6) is 0 Å². The predicted molar refractivity (Wildman–Crippen MR) is 153 cm³/mol. The molecule has 213 valence electrons. The van der Waals surface area contributed by atoms with Crippen molar-refractivity contribution < 1.29 is 54.3 Å². The number of aliphatic imine (C=N–C) groups is 2. The Hall–Kier alpha value is -1.39. The van der Waals surface area contributed by atoms with Crippen LogP contribution in [0.4, 0.5) is 11.4 Å². The summed E-state index contributed by atoms with van der Waals surface area (Å²) in [6.45, 7) is 13.1. The number of pyridine rings is 1. The van der Waals surface area contributed by atoms with Gasteiger partial charge in [-0.25, -0.2) is 4.98 Å². The molecule has 0 saturated carbocycles. The van der Waals surface area contributed by atoms with Gasteiger partial charge in [-0.1, -0.05) is 77.4 Å². The van der Waals surface area contributed by atoms with Crippen molar-refractivity contribution in [1.82, 2.24) is 4.98 Å². The largest absolute Gasteiger partial charge is 3.00 e. The Bertz CT molecular complexity index is 1100. The standard InChI is InChI=1S/C31H38ClN3.3ClH.Fe/c1-7-21-13-23(9-3)30(24(10-4)14-21)33-19-28-17-27(32)18-29(35-28)20-34-31-25(11-5)15-22(8-2)16-26(31)12-6;;;;/h13-20H,7-12H2,1-6H3;3*1H;/q;;;;+3/p-3. The summed E-state index contributed by atoms with van der Waals surface area (Å²) in [7, 11) is 0. The molecule has 39 heavy (non-hydrogen) atoms. The van der Waals surface area contributed by atoms with Gasteiger partial charge in [-0.2, -0.15) is 0 Å². The second kappa shape index (κ2) is 19.6. The molecule has 3 aromatic rings. The average Bonchev–Trinajstić information content (AvgIpc) is 2.89. The van der Waals surface area contributed by atoms with Crippen LogP contribution in [0.15, 0.2) is 46.4 Å². The number of hydrogen-bond donors (Lipinski definition) is 0. The number of aromatic nitrogens is 1. The number of benzene rings is 2. The molecule has 0 fully saturated rings. The summed E-state index contributed by atoms with van der Waals surface area (Å²) in [5.74, 6) is 0. The fraction of sp³-hybridized carbons (Fsp3) is 0.387. The number of hydrogen-bond acceptors (Lipinski definition) is 3. The maximum Gasteiger partial charge on any atom is 3.00 e. The van der Waals surface area contributed by atoms with Crippen LogP contribution >= 0.6 is 11.6 Å². The van der Waals surface area contributed by atoms with Crippen molar-refractivity contribution in [1.29, 1.82) is 0 Å². The summed E-state index contributed by atoms with van der Waals surface area (Å²) in [6.07, 6.45) is 9.51. The van der Waals surface area contributed by atoms with E-state index >= 15 is 0 Å². The quantitative estimate of drug-likeness (QED) is 0.218. The van der Waals surface area contributed by atoms with Crippen LogP contribution in [0.25, 0.3) is 0 Å². The minimum atomic E-state index is 0. The summed E-state index contributed by atoms with van der Waals surface area (Å²) in [4.78, 5) is 14.5. The summed E-state index contributed by atoms with van der Waals surface area (Å²) in [6, 6.07) is 12.8. The van der Waals surface area contributed by atoms with Crippen LogP contribution in [-0.4, -0.2) is 17.4 Å². The molecule has 0 spiro atoms. The van der Waals surface area contributed by atoms with Crippen molar-refractivity contribution in [2.75, 3.05) is 0 Å². The zero-order chi connectivity index (χ0) is 25.4. The van der Waals surface area contributed by atoms with Gasteiger partial charge in [0, 0.05) is 5.02 Å². The first-order valence-electron chi connectivity index (χ1n) is 13.0. The van der Waals surface area contributed by atoms with Crippen molar-refractivity contribution in [2.45, 2.75) is 80.1 Å². The van der Waals surface area contributed by atoms with Crippen LogP contribution in [0.3, 0.4) is 0 Å². The van der Waals surface area contributed by atoms with Crippen molar-refractivity contribution in [3.8, 4) is 0 Å². The Morgan fingerprint density at radius 1 is 0.564 bits per heavy atom. The number of halogens is 4. The molecular formula is C31H38Cl4FeN3. The van der Waals surface area contributed by atoms with Crippen LogP contribution in [0.2, 0.25) is 5.02 Å². The first kappa shape index (κ1) is 39.8.